The molecule has 2 bridgehead atoms. The quantitative estimate of drug-likeness (QED) is 0.687. The molecular formula is C21H23N7O. The summed E-state index contributed by atoms with van der Waals surface area (Å²) in [4.78, 5) is 24.5. The molecule has 5 heterocycles. The van der Waals surface area contributed by atoms with Gasteiger partial charge in [-0.25, -0.2) is 9.78 Å². The fourth-order valence-corrected chi connectivity index (χ4v) is 3.74. The fourth-order valence-electron chi connectivity index (χ4n) is 3.74. The number of pyridine rings is 2. The zero-order valence-electron chi connectivity index (χ0n) is 16.3. The van der Waals surface area contributed by atoms with E-state index in [9.17, 15) is 4.79 Å². The number of rotatable bonds is 1. The first-order chi connectivity index (χ1) is 14.1. The van der Waals surface area contributed by atoms with Gasteiger partial charge in [-0.15, -0.1) is 5.10 Å². The lowest BCUT2D eigenvalue weighted by molar-refractivity contribution is 0.249. The highest BCUT2D eigenvalue weighted by Crippen LogP contribution is 2.38. The van der Waals surface area contributed by atoms with Crippen LogP contribution in [0.4, 0.5) is 16.3 Å². The van der Waals surface area contributed by atoms with Crippen molar-refractivity contribution in [2.45, 2.75) is 25.8 Å². The first kappa shape index (κ1) is 18.8. The third-order valence-electron chi connectivity index (χ3n) is 5.07. The van der Waals surface area contributed by atoms with Crippen LogP contribution in [0.2, 0.25) is 0 Å². The second kappa shape index (κ2) is 8.22. The second-order valence-corrected chi connectivity index (χ2v) is 7.07. The molecular weight excluding hydrogens is 366 g/mol. The van der Waals surface area contributed by atoms with Crippen molar-refractivity contribution in [3.8, 4) is 11.4 Å². The van der Waals surface area contributed by atoms with E-state index >= 15 is 0 Å². The van der Waals surface area contributed by atoms with Crippen LogP contribution in [0.25, 0.3) is 11.4 Å². The van der Waals surface area contributed by atoms with E-state index in [0.717, 1.165) is 37.3 Å². The van der Waals surface area contributed by atoms with Crippen molar-refractivity contribution in [2.75, 3.05) is 22.9 Å². The Hall–Kier alpha value is -3.55. The number of aryl methyl sites for hydroxylation is 1. The average Bonchev–Trinajstić information content (AvgIpc) is 2.75. The molecule has 2 aliphatic heterocycles. The summed E-state index contributed by atoms with van der Waals surface area (Å²) in [6, 6.07) is 13.1. The highest BCUT2D eigenvalue weighted by Gasteiger charge is 2.37. The summed E-state index contributed by atoms with van der Waals surface area (Å²) in [5.74, 6) is 0.631. The van der Waals surface area contributed by atoms with Crippen molar-refractivity contribution < 1.29 is 4.79 Å². The molecule has 8 heteroatoms. The Kier molecular flexibility index (Phi) is 5.33. The minimum Gasteiger partial charge on any atom is -0.366 e. The van der Waals surface area contributed by atoms with Gasteiger partial charge in [0.05, 0.1) is 17.4 Å². The number of amides is 2. The van der Waals surface area contributed by atoms with Crippen LogP contribution in [0.5, 0.6) is 0 Å². The zero-order chi connectivity index (χ0) is 20.2. The van der Waals surface area contributed by atoms with Crippen LogP contribution in [0, 0.1) is 6.92 Å². The predicted molar refractivity (Wildman–Crippen MR) is 112 cm³/mol. The Labute approximate surface area is 169 Å². The van der Waals surface area contributed by atoms with E-state index in [0.29, 0.717) is 17.2 Å². The standard InChI is InChI=1S/C15H16N6O.C6H7N/c16-15(22)21-10-3-2-8-20(9-10)13-6-5-11(18-14(13)21)12-4-1-7-17-19-12;1-6-4-2-3-5-7-6/h1,4-7,10H,2-3,8-9H2,(H2,16,22);2-5H,1H3. The van der Waals surface area contributed by atoms with Gasteiger partial charge in [0.2, 0.25) is 0 Å². The number of aromatic nitrogens is 4. The summed E-state index contributed by atoms with van der Waals surface area (Å²) in [5.41, 5.74) is 9.01. The first-order valence-electron chi connectivity index (χ1n) is 9.64. The molecule has 3 aromatic heterocycles. The summed E-state index contributed by atoms with van der Waals surface area (Å²) in [6.07, 6.45) is 5.42. The van der Waals surface area contributed by atoms with E-state index in [-0.39, 0.29) is 6.04 Å². The molecule has 0 aliphatic carbocycles. The van der Waals surface area contributed by atoms with Crippen LogP contribution in [0.3, 0.4) is 0 Å². The summed E-state index contributed by atoms with van der Waals surface area (Å²) < 4.78 is 0. The Morgan fingerprint density at radius 3 is 2.66 bits per heavy atom. The third kappa shape index (κ3) is 4.01. The number of carbonyl (C=O) groups excluding carboxylic acids is 1. The van der Waals surface area contributed by atoms with E-state index in [4.69, 9.17) is 5.73 Å². The maximum atomic E-state index is 11.9. The van der Waals surface area contributed by atoms with Crippen LogP contribution >= 0.6 is 0 Å². The molecule has 8 nitrogen and oxygen atoms in total. The summed E-state index contributed by atoms with van der Waals surface area (Å²) in [5, 5.41) is 7.96. The van der Waals surface area contributed by atoms with Gasteiger partial charge in [0, 0.05) is 31.2 Å². The number of urea groups is 1. The van der Waals surface area contributed by atoms with Crippen molar-refractivity contribution in [2.24, 2.45) is 5.73 Å². The van der Waals surface area contributed by atoms with Crippen molar-refractivity contribution >= 4 is 17.5 Å². The van der Waals surface area contributed by atoms with E-state index in [1.807, 2.05) is 49.4 Å². The van der Waals surface area contributed by atoms with E-state index < -0.39 is 6.03 Å². The topological polar surface area (TPSA) is 101 Å². The van der Waals surface area contributed by atoms with Gasteiger partial charge in [-0.05, 0) is 56.2 Å². The number of hydrogen-bond donors (Lipinski definition) is 1. The molecule has 148 valence electrons. The van der Waals surface area contributed by atoms with Crippen molar-refractivity contribution in [3.63, 3.8) is 0 Å². The number of carbonyl (C=O) groups is 1. The number of nitrogens with two attached hydrogens (primary N) is 1. The molecule has 1 unspecified atom stereocenters. The minimum atomic E-state index is -0.448. The number of primary amides is 1. The summed E-state index contributed by atoms with van der Waals surface area (Å²) >= 11 is 0. The fraction of sp³-hybridized carbons (Fsp3) is 0.286. The van der Waals surface area contributed by atoms with E-state index in [2.05, 4.69) is 25.1 Å². The lowest BCUT2D eigenvalue weighted by Crippen LogP contribution is -2.56. The molecule has 1 saturated heterocycles. The lowest BCUT2D eigenvalue weighted by Gasteiger charge is -2.45. The largest absolute Gasteiger partial charge is 0.366 e. The Bertz CT molecular complexity index is 981. The molecule has 5 rings (SSSR count). The molecule has 0 radical (unpaired) electrons. The average molecular weight is 389 g/mol. The normalized spacial score (nSPS) is 17.1. The van der Waals surface area contributed by atoms with Gasteiger partial charge in [-0.2, -0.15) is 5.10 Å². The minimum absolute atomic E-state index is 0.100. The molecule has 2 N–H and O–H groups in total. The van der Waals surface area contributed by atoms with Crippen molar-refractivity contribution in [3.05, 3.63) is 60.6 Å². The predicted octanol–water partition coefficient (Wildman–Crippen LogP) is 2.80. The van der Waals surface area contributed by atoms with Gasteiger partial charge in [0.15, 0.2) is 5.82 Å². The van der Waals surface area contributed by atoms with Gasteiger partial charge in [0.25, 0.3) is 0 Å². The monoisotopic (exact) mass is 389 g/mol. The van der Waals surface area contributed by atoms with Crippen LogP contribution in [-0.2, 0) is 0 Å². The number of nitrogens with zero attached hydrogens (tertiary/aromatic N) is 6. The highest BCUT2D eigenvalue weighted by atomic mass is 16.2. The molecule has 3 aromatic rings. The maximum absolute atomic E-state index is 11.9. The molecule has 0 aromatic carbocycles. The van der Waals surface area contributed by atoms with Crippen LogP contribution in [0.15, 0.2) is 54.9 Å². The van der Waals surface area contributed by atoms with E-state index in [1.165, 1.54) is 0 Å². The number of piperidine rings is 1. The second-order valence-electron chi connectivity index (χ2n) is 7.07. The van der Waals surface area contributed by atoms with Gasteiger partial charge < -0.3 is 10.6 Å². The number of fused-ring (bicyclic) bond motifs is 4. The first-order valence-corrected chi connectivity index (χ1v) is 9.64. The summed E-state index contributed by atoms with van der Waals surface area (Å²) in [6.45, 7) is 3.78. The van der Waals surface area contributed by atoms with E-state index in [1.54, 1.807) is 17.3 Å². The molecule has 29 heavy (non-hydrogen) atoms. The highest BCUT2D eigenvalue weighted by molar-refractivity contribution is 5.95. The maximum Gasteiger partial charge on any atom is 0.320 e. The third-order valence-corrected chi connectivity index (χ3v) is 5.07. The molecule has 1 fully saturated rings. The smallest absolute Gasteiger partial charge is 0.320 e. The van der Waals surface area contributed by atoms with Crippen LogP contribution in [0.1, 0.15) is 18.5 Å². The summed E-state index contributed by atoms with van der Waals surface area (Å²) in [7, 11) is 0. The molecule has 0 spiro atoms. The Balaban J connectivity index is 0.000000249. The Morgan fingerprint density at radius 2 is 2.00 bits per heavy atom. The van der Waals surface area contributed by atoms with Gasteiger partial charge in [-0.1, -0.05) is 6.07 Å². The Morgan fingerprint density at radius 1 is 1.10 bits per heavy atom. The molecule has 1 atom stereocenters. The molecule has 2 aliphatic rings. The van der Waals surface area contributed by atoms with Crippen molar-refractivity contribution in [1.29, 1.82) is 0 Å². The van der Waals surface area contributed by atoms with Gasteiger partial charge >= 0.3 is 6.03 Å². The van der Waals surface area contributed by atoms with Gasteiger partial charge in [-0.3, -0.25) is 9.88 Å². The molecule has 0 saturated carbocycles. The van der Waals surface area contributed by atoms with Crippen LogP contribution < -0.4 is 15.5 Å². The van der Waals surface area contributed by atoms with Gasteiger partial charge in [0.1, 0.15) is 5.69 Å². The molecule has 2 amide bonds. The zero-order valence-corrected chi connectivity index (χ0v) is 16.3. The SMILES string of the molecule is Cc1ccccn1.NC(=O)N1c2nc(-c3cccnn3)ccc2N2CCCC1C2. The number of hydrogen-bond acceptors (Lipinski definition) is 6. The number of anilines is 2. The van der Waals surface area contributed by atoms with Crippen molar-refractivity contribution in [1.82, 2.24) is 20.2 Å². The lowest BCUT2D eigenvalue weighted by atomic mass is 9.99. The van der Waals surface area contributed by atoms with Crippen LogP contribution in [-0.4, -0.2) is 45.3 Å².